The molecule has 3 aliphatic heterocycles. The molecule has 0 aliphatic carbocycles. The van der Waals surface area contributed by atoms with Gasteiger partial charge in [-0.05, 0) is 55.1 Å². The van der Waals surface area contributed by atoms with Gasteiger partial charge in [0.1, 0.15) is 0 Å². The largest absolute Gasteiger partial charge is 0.493 e. The van der Waals surface area contributed by atoms with Crippen molar-refractivity contribution < 1.29 is 17.9 Å². The Hall–Kier alpha value is -2.88. The van der Waals surface area contributed by atoms with Crippen molar-refractivity contribution in [2.45, 2.75) is 30.6 Å². The topological polar surface area (TPSA) is 85.7 Å². The van der Waals surface area contributed by atoms with Crippen molar-refractivity contribution in [3.8, 4) is 22.8 Å². The summed E-state index contributed by atoms with van der Waals surface area (Å²) in [6.07, 6.45) is 2.10. The zero-order valence-electron chi connectivity index (χ0n) is 21.1. The van der Waals surface area contributed by atoms with Crippen LogP contribution in [0.2, 0.25) is 0 Å². The lowest BCUT2D eigenvalue weighted by molar-refractivity contribution is 0.0306. The van der Waals surface area contributed by atoms with E-state index in [0.29, 0.717) is 29.9 Å². The third-order valence-electron chi connectivity index (χ3n) is 7.59. The van der Waals surface area contributed by atoms with Crippen LogP contribution in [-0.2, 0) is 22.8 Å². The monoisotopic (exact) mass is 510 g/mol. The summed E-state index contributed by atoms with van der Waals surface area (Å²) in [6.45, 7) is 2.38. The molecule has 3 aromatic rings. The van der Waals surface area contributed by atoms with Gasteiger partial charge in [-0.1, -0.05) is 30.3 Å². The molecule has 192 valence electrons. The number of nitrogens with zero attached hydrogens (tertiary/aromatic N) is 3. The second kappa shape index (κ2) is 10.2. The Morgan fingerprint density at radius 1 is 1.06 bits per heavy atom. The van der Waals surface area contributed by atoms with E-state index in [1.165, 1.54) is 5.69 Å². The molecule has 2 bridgehead atoms. The molecule has 0 spiro atoms. The van der Waals surface area contributed by atoms with Gasteiger partial charge in [-0.2, -0.15) is 5.10 Å². The highest BCUT2D eigenvalue weighted by atomic mass is 32.2. The first kappa shape index (κ1) is 24.8. The first-order valence-corrected chi connectivity index (χ1v) is 14.0. The van der Waals surface area contributed by atoms with Crippen molar-refractivity contribution in [1.29, 1.82) is 0 Å². The molecule has 0 amide bonds. The van der Waals surface area contributed by atoms with Crippen LogP contribution in [0.3, 0.4) is 0 Å². The molecular formula is C27H34N4O4S. The molecule has 6 rings (SSSR count). The van der Waals surface area contributed by atoms with Crippen LogP contribution in [0.5, 0.6) is 11.5 Å². The van der Waals surface area contributed by atoms with Gasteiger partial charge < -0.3 is 9.47 Å². The van der Waals surface area contributed by atoms with E-state index in [0.717, 1.165) is 42.8 Å². The lowest BCUT2D eigenvalue weighted by Crippen LogP contribution is -2.56. The number of aromatic nitrogens is 2. The van der Waals surface area contributed by atoms with Gasteiger partial charge in [-0.25, -0.2) is 13.1 Å². The second-order valence-corrected chi connectivity index (χ2v) is 11.6. The maximum Gasteiger partial charge on any atom is 0.215 e. The number of piperidine rings is 3. The number of hydrogen-bond acceptors (Lipinski definition) is 6. The van der Waals surface area contributed by atoms with Crippen LogP contribution >= 0.6 is 0 Å². The minimum Gasteiger partial charge on any atom is -0.493 e. The average Bonchev–Trinajstić information content (AvgIpc) is 3.29. The van der Waals surface area contributed by atoms with E-state index in [9.17, 15) is 8.42 Å². The third-order valence-corrected chi connectivity index (χ3v) is 8.91. The minimum absolute atomic E-state index is 0.0144. The van der Waals surface area contributed by atoms with E-state index in [4.69, 9.17) is 14.6 Å². The van der Waals surface area contributed by atoms with Crippen LogP contribution < -0.4 is 14.2 Å². The van der Waals surface area contributed by atoms with E-state index < -0.39 is 10.0 Å². The Balaban J connectivity index is 1.26. The smallest absolute Gasteiger partial charge is 0.215 e. The standard InChI is InChI=1S/C27H34N4O4S/c1-30-25(15-24(29-30)21-9-10-26(34-2)27(14-21)35-3)23-17-31-12-11-20(23)13-22(31)16-28-36(32,33)18-19-7-5-4-6-8-19/h4-10,14-15,20,22-23,28H,11-13,16-18H2,1-3H3/t20-,22+,23+/m0/s1. The first-order valence-electron chi connectivity index (χ1n) is 12.4. The fourth-order valence-corrected chi connectivity index (χ4v) is 6.90. The quantitative estimate of drug-likeness (QED) is 0.475. The molecule has 9 heteroatoms. The lowest BCUT2D eigenvalue weighted by atomic mass is 9.74. The number of benzene rings is 2. The number of aryl methyl sites for hydroxylation is 1. The molecule has 1 aromatic heterocycles. The normalized spacial score (nSPS) is 23.5. The maximum absolute atomic E-state index is 12.6. The molecule has 4 heterocycles. The van der Waals surface area contributed by atoms with Gasteiger partial charge in [0, 0.05) is 43.4 Å². The van der Waals surface area contributed by atoms with Crippen LogP contribution in [0.1, 0.15) is 30.0 Å². The molecule has 1 unspecified atom stereocenters. The van der Waals surface area contributed by atoms with Gasteiger partial charge in [-0.15, -0.1) is 0 Å². The van der Waals surface area contributed by atoms with Crippen LogP contribution in [0.25, 0.3) is 11.3 Å². The third kappa shape index (κ3) is 5.14. The number of sulfonamides is 1. The van der Waals surface area contributed by atoms with Gasteiger partial charge in [0.25, 0.3) is 0 Å². The van der Waals surface area contributed by atoms with Crippen molar-refractivity contribution >= 4 is 10.0 Å². The summed E-state index contributed by atoms with van der Waals surface area (Å²) in [7, 11) is 1.90. The summed E-state index contributed by atoms with van der Waals surface area (Å²) in [5, 5.41) is 4.81. The van der Waals surface area contributed by atoms with Crippen molar-refractivity contribution in [3.05, 3.63) is 65.9 Å². The van der Waals surface area contributed by atoms with Gasteiger partial charge in [-0.3, -0.25) is 9.58 Å². The molecule has 3 fully saturated rings. The van der Waals surface area contributed by atoms with E-state index in [1.807, 2.05) is 60.3 Å². The predicted molar refractivity (Wildman–Crippen MR) is 140 cm³/mol. The molecule has 36 heavy (non-hydrogen) atoms. The molecule has 4 atom stereocenters. The Kier molecular flexibility index (Phi) is 7.05. The lowest BCUT2D eigenvalue weighted by Gasteiger charge is -2.50. The van der Waals surface area contributed by atoms with E-state index >= 15 is 0 Å². The number of rotatable bonds is 9. The summed E-state index contributed by atoms with van der Waals surface area (Å²) < 4.78 is 41.0. The molecule has 0 saturated carbocycles. The van der Waals surface area contributed by atoms with Crippen LogP contribution in [0, 0.1) is 5.92 Å². The maximum atomic E-state index is 12.6. The van der Waals surface area contributed by atoms with E-state index in [1.54, 1.807) is 14.2 Å². The molecule has 1 N–H and O–H groups in total. The summed E-state index contributed by atoms with van der Waals surface area (Å²) in [5.74, 6) is 2.28. The molecule has 2 aromatic carbocycles. The Labute approximate surface area is 213 Å². The van der Waals surface area contributed by atoms with Crippen molar-refractivity contribution in [2.75, 3.05) is 33.9 Å². The SMILES string of the molecule is COc1ccc(-c2cc([C@@H]3CN4CC[C@H]3C[C@@H]4CNS(=O)(=O)Cc3ccccc3)n(C)n2)cc1OC. The summed E-state index contributed by atoms with van der Waals surface area (Å²) in [5.41, 5.74) is 3.92. The zero-order valence-corrected chi connectivity index (χ0v) is 21.9. The zero-order chi connectivity index (χ0) is 25.3. The second-order valence-electron chi connectivity index (χ2n) is 9.78. The highest BCUT2D eigenvalue weighted by molar-refractivity contribution is 7.88. The number of hydrogen-bond donors (Lipinski definition) is 1. The molecule has 3 aliphatic rings. The summed E-state index contributed by atoms with van der Waals surface area (Å²) in [6, 6.07) is 17.6. The number of nitrogens with one attached hydrogen (secondary N) is 1. The Bertz CT molecular complexity index is 1310. The van der Waals surface area contributed by atoms with Crippen LogP contribution in [0.15, 0.2) is 54.6 Å². The van der Waals surface area contributed by atoms with Crippen molar-refractivity contribution in [1.82, 2.24) is 19.4 Å². The Morgan fingerprint density at radius 2 is 1.83 bits per heavy atom. The fraction of sp³-hybridized carbons (Fsp3) is 0.444. The molecule has 8 nitrogen and oxygen atoms in total. The van der Waals surface area contributed by atoms with Gasteiger partial charge in [0.05, 0.1) is 25.7 Å². The van der Waals surface area contributed by atoms with Crippen LogP contribution in [-0.4, -0.2) is 63.0 Å². The summed E-state index contributed by atoms with van der Waals surface area (Å²) in [4.78, 5) is 2.44. The minimum atomic E-state index is -3.37. The van der Waals surface area contributed by atoms with E-state index in [2.05, 4.69) is 15.7 Å². The van der Waals surface area contributed by atoms with Gasteiger partial charge in [0.15, 0.2) is 11.5 Å². The van der Waals surface area contributed by atoms with E-state index in [-0.39, 0.29) is 11.8 Å². The molecular weight excluding hydrogens is 476 g/mol. The summed E-state index contributed by atoms with van der Waals surface area (Å²) >= 11 is 0. The highest BCUT2D eigenvalue weighted by Crippen LogP contribution is 2.42. The average molecular weight is 511 g/mol. The number of ether oxygens (including phenoxy) is 2. The van der Waals surface area contributed by atoms with Crippen molar-refractivity contribution in [2.24, 2.45) is 13.0 Å². The van der Waals surface area contributed by atoms with Gasteiger partial charge in [0.2, 0.25) is 10.0 Å². The number of fused-ring (bicyclic) bond motifs is 3. The Morgan fingerprint density at radius 3 is 2.53 bits per heavy atom. The molecule has 0 radical (unpaired) electrons. The predicted octanol–water partition coefficient (Wildman–Crippen LogP) is 3.40. The van der Waals surface area contributed by atoms with Crippen LogP contribution in [0.4, 0.5) is 0 Å². The number of methoxy groups -OCH3 is 2. The van der Waals surface area contributed by atoms with Crippen molar-refractivity contribution in [3.63, 3.8) is 0 Å². The molecule has 3 saturated heterocycles. The fourth-order valence-electron chi connectivity index (χ4n) is 5.72. The van der Waals surface area contributed by atoms with Gasteiger partial charge >= 0.3 is 0 Å². The first-order chi connectivity index (χ1) is 17.4. The highest BCUT2D eigenvalue weighted by Gasteiger charge is 2.42.